The molecule has 0 bridgehead atoms. The van der Waals surface area contributed by atoms with E-state index < -0.39 is 0 Å². The lowest BCUT2D eigenvalue weighted by Gasteiger charge is -2.18. The molecule has 6 nitrogen and oxygen atoms in total. The van der Waals surface area contributed by atoms with Crippen LogP contribution >= 0.6 is 0 Å². The average Bonchev–Trinajstić information content (AvgIpc) is 2.68. The van der Waals surface area contributed by atoms with E-state index >= 15 is 0 Å². The third kappa shape index (κ3) is 2.95. The van der Waals surface area contributed by atoms with Crippen molar-refractivity contribution < 1.29 is 0 Å². The van der Waals surface area contributed by atoms with Gasteiger partial charge in [-0.05, 0) is 5.41 Å². The van der Waals surface area contributed by atoms with Crippen molar-refractivity contribution in [2.45, 2.75) is 27.3 Å². The van der Waals surface area contributed by atoms with Gasteiger partial charge in [-0.2, -0.15) is 0 Å². The largest absolute Gasteiger partial charge is 0.382 e. The zero-order valence-corrected chi connectivity index (χ0v) is 11.1. The van der Waals surface area contributed by atoms with E-state index in [2.05, 4.69) is 41.0 Å². The standard InChI is InChI=1S/C12H20N6/c1-12(2,3)6-14-4-5-18-8-17-9-10(13)15-7-16-11(9)18/h7-8,14H,4-6H2,1-3H3,(H2,13,15,16). The van der Waals surface area contributed by atoms with E-state index in [0.717, 1.165) is 25.3 Å². The van der Waals surface area contributed by atoms with Gasteiger partial charge in [0.15, 0.2) is 11.5 Å². The van der Waals surface area contributed by atoms with Crippen molar-refractivity contribution in [1.82, 2.24) is 24.8 Å². The second-order valence-corrected chi connectivity index (χ2v) is 5.61. The second-order valence-electron chi connectivity index (χ2n) is 5.61. The molecule has 2 aromatic heterocycles. The van der Waals surface area contributed by atoms with Gasteiger partial charge in [-0.1, -0.05) is 20.8 Å². The van der Waals surface area contributed by atoms with Crippen LogP contribution in [0.4, 0.5) is 5.82 Å². The van der Waals surface area contributed by atoms with Gasteiger partial charge >= 0.3 is 0 Å². The van der Waals surface area contributed by atoms with Crippen LogP contribution in [0.5, 0.6) is 0 Å². The molecular formula is C12H20N6. The fraction of sp³-hybridized carbons (Fsp3) is 0.583. The van der Waals surface area contributed by atoms with Gasteiger partial charge in [-0.15, -0.1) is 0 Å². The number of imidazole rings is 1. The van der Waals surface area contributed by atoms with Crippen LogP contribution in [0, 0.1) is 5.41 Å². The van der Waals surface area contributed by atoms with E-state index in [4.69, 9.17) is 5.73 Å². The van der Waals surface area contributed by atoms with E-state index in [1.165, 1.54) is 6.33 Å². The van der Waals surface area contributed by atoms with E-state index in [1.54, 1.807) is 6.33 Å². The van der Waals surface area contributed by atoms with Crippen LogP contribution < -0.4 is 11.1 Å². The lowest BCUT2D eigenvalue weighted by Crippen LogP contribution is -2.29. The Morgan fingerprint density at radius 1 is 1.28 bits per heavy atom. The summed E-state index contributed by atoms with van der Waals surface area (Å²) in [7, 11) is 0. The molecule has 0 radical (unpaired) electrons. The van der Waals surface area contributed by atoms with E-state index in [1.807, 2.05) is 4.57 Å². The number of nitrogens with two attached hydrogens (primary N) is 1. The minimum Gasteiger partial charge on any atom is -0.382 e. The minimum atomic E-state index is 0.295. The Morgan fingerprint density at radius 2 is 2.06 bits per heavy atom. The van der Waals surface area contributed by atoms with E-state index in [-0.39, 0.29) is 0 Å². The number of aromatic nitrogens is 4. The molecule has 0 saturated heterocycles. The summed E-state index contributed by atoms with van der Waals surface area (Å²) in [5, 5.41) is 3.42. The zero-order valence-electron chi connectivity index (χ0n) is 11.1. The molecule has 2 rings (SSSR count). The van der Waals surface area contributed by atoms with Crippen molar-refractivity contribution in [3.8, 4) is 0 Å². The summed E-state index contributed by atoms with van der Waals surface area (Å²) in [6.45, 7) is 9.31. The third-order valence-corrected chi connectivity index (χ3v) is 2.61. The molecule has 0 fully saturated rings. The van der Waals surface area contributed by atoms with Gasteiger partial charge in [0, 0.05) is 19.6 Å². The molecule has 98 valence electrons. The molecule has 0 aliphatic rings. The molecule has 6 heteroatoms. The summed E-state index contributed by atoms with van der Waals surface area (Å²) < 4.78 is 1.99. The Bertz CT molecular complexity index is 525. The maximum atomic E-state index is 5.74. The molecule has 0 aliphatic carbocycles. The topological polar surface area (TPSA) is 81.7 Å². The minimum absolute atomic E-state index is 0.295. The zero-order chi connectivity index (χ0) is 13.2. The number of fused-ring (bicyclic) bond motifs is 1. The SMILES string of the molecule is CC(C)(C)CNCCn1cnc2c(N)ncnc21. The quantitative estimate of drug-likeness (QED) is 0.790. The number of nitrogens with zero attached hydrogens (tertiary/aromatic N) is 4. The fourth-order valence-electron chi connectivity index (χ4n) is 1.73. The van der Waals surface area contributed by atoms with Gasteiger partial charge in [0.25, 0.3) is 0 Å². The molecule has 0 aromatic carbocycles. The molecule has 0 aliphatic heterocycles. The second kappa shape index (κ2) is 4.89. The van der Waals surface area contributed by atoms with Crippen molar-refractivity contribution in [3.05, 3.63) is 12.7 Å². The van der Waals surface area contributed by atoms with Crippen molar-refractivity contribution in [2.75, 3.05) is 18.8 Å². The number of hydrogen-bond acceptors (Lipinski definition) is 5. The molecular weight excluding hydrogens is 228 g/mol. The summed E-state index contributed by atoms with van der Waals surface area (Å²) in [5.41, 5.74) is 7.50. The molecule has 0 amide bonds. The normalized spacial score (nSPS) is 12.2. The molecule has 18 heavy (non-hydrogen) atoms. The average molecular weight is 248 g/mol. The van der Waals surface area contributed by atoms with Crippen molar-refractivity contribution in [1.29, 1.82) is 0 Å². The number of nitrogen functional groups attached to an aromatic ring is 1. The number of nitrogens with one attached hydrogen (secondary N) is 1. The highest BCUT2D eigenvalue weighted by molar-refractivity contribution is 5.80. The summed E-state index contributed by atoms with van der Waals surface area (Å²) in [5.74, 6) is 0.432. The van der Waals surface area contributed by atoms with Gasteiger partial charge in [0.2, 0.25) is 0 Å². The highest BCUT2D eigenvalue weighted by atomic mass is 15.1. The maximum Gasteiger partial charge on any atom is 0.165 e. The first-order chi connectivity index (χ1) is 8.47. The van der Waals surface area contributed by atoms with Crippen molar-refractivity contribution in [2.24, 2.45) is 5.41 Å². The smallest absolute Gasteiger partial charge is 0.165 e. The fourth-order valence-corrected chi connectivity index (χ4v) is 1.73. The van der Waals surface area contributed by atoms with Gasteiger partial charge in [-0.25, -0.2) is 15.0 Å². The van der Waals surface area contributed by atoms with Gasteiger partial charge in [0.05, 0.1) is 6.33 Å². The monoisotopic (exact) mass is 248 g/mol. The Morgan fingerprint density at radius 3 is 2.78 bits per heavy atom. The lowest BCUT2D eigenvalue weighted by atomic mass is 9.97. The van der Waals surface area contributed by atoms with E-state index in [0.29, 0.717) is 16.7 Å². The maximum absolute atomic E-state index is 5.74. The summed E-state index contributed by atoms with van der Waals surface area (Å²) >= 11 is 0. The van der Waals surface area contributed by atoms with Gasteiger partial charge in [0.1, 0.15) is 11.8 Å². The molecule has 0 spiro atoms. The number of anilines is 1. The van der Waals surface area contributed by atoms with Crippen LogP contribution in [0.25, 0.3) is 11.2 Å². The van der Waals surface area contributed by atoms with Crippen molar-refractivity contribution in [3.63, 3.8) is 0 Å². The van der Waals surface area contributed by atoms with E-state index in [9.17, 15) is 0 Å². The molecule has 0 saturated carbocycles. The highest BCUT2D eigenvalue weighted by Crippen LogP contribution is 2.14. The van der Waals surface area contributed by atoms with Gasteiger partial charge in [-0.3, -0.25) is 0 Å². The molecule has 2 aromatic rings. The Balaban J connectivity index is 1.98. The third-order valence-electron chi connectivity index (χ3n) is 2.61. The van der Waals surface area contributed by atoms with Gasteiger partial charge < -0.3 is 15.6 Å². The molecule has 2 heterocycles. The first kappa shape index (κ1) is 12.8. The van der Waals surface area contributed by atoms with Crippen LogP contribution in [0.15, 0.2) is 12.7 Å². The predicted octanol–water partition coefficient (Wildman–Crippen LogP) is 1.04. The Kier molecular flexibility index (Phi) is 3.47. The summed E-state index contributed by atoms with van der Waals surface area (Å²) in [6, 6.07) is 0. The first-order valence-corrected chi connectivity index (χ1v) is 6.09. The Labute approximate surface area is 107 Å². The number of rotatable bonds is 4. The van der Waals surface area contributed by atoms with Crippen LogP contribution in [-0.2, 0) is 6.54 Å². The highest BCUT2D eigenvalue weighted by Gasteiger charge is 2.10. The van der Waals surface area contributed by atoms with Crippen LogP contribution in [0.2, 0.25) is 0 Å². The van der Waals surface area contributed by atoms with Crippen LogP contribution in [0.1, 0.15) is 20.8 Å². The molecule has 3 N–H and O–H groups in total. The molecule has 0 unspecified atom stereocenters. The predicted molar refractivity (Wildman–Crippen MR) is 72.1 cm³/mol. The summed E-state index contributed by atoms with van der Waals surface area (Å²) in [6.07, 6.45) is 3.23. The van der Waals surface area contributed by atoms with Crippen molar-refractivity contribution >= 4 is 17.0 Å². The Hall–Kier alpha value is -1.69. The first-order valence-electron chi connectivity index (χ1n) is 6.09. The van der Waals surface area contributed by atoms with Crippen LogP contribution in [0.3, 0.4) is 0 Å². The lowest BCUT2D eigenvalue weighted by molar-refractivity contribution is 0.376. The molecule has 0 atom stereocenters. The van der Waals surface area contributed by atoms with Crippen LogP contribution in [-0.4, -0.2) is 32.6 Å². The summed E-state index contributed by atoms with van der Waals surface area (Å²) in [4.78, 5) is 12.4. The number of hydrogen-bond donors (Lipinski definition) is 2.